The van der Waals surface area contributed by atoms with Crippen molar-refractivity contribution in [3.63, 3.8) is 0 Å². The largest absolute Gasteiger partial charge is 0.463 e. The van der Waals surface area contributed by atoms with Gasteiger partial charge in [-0.15, -0.1) is 6.58 Å². The van der Waals surface area contributed by atoms with Crippen LogP contribution in [0.1, 0.15) is 33.2 Å². The molecule has 25 heavy (non-hydrogen) atoms. The number of rotatable bonds is 5. The molecule has 3 rings (SSSR count). The Morgan fingerprint density at radius 3 is 2.72 bits per heavy atom. The number of ether oxygens (including phenoxy) is 1. The molecule has 2 aromatic carbocycles. The van der Waals surface area contributed by atoms with Crippen LogP contribution in [0.25, 0.3) is 16.8 Å². The van der Waals surface area contributed by atoms with Crippen LogP contribution in [0.15, 0.2) is 49.1 Å². The Hall–Kier alpha value is -3.21. The van der Waals surface area contributed by atoms with Crippen molar-refractivity contribution in [2.24, 2.45) is 0 Å². The van der Waals surface area contributed by atoms with Crippen molar-refractivity contribution in [3.8, 4) is 0 Å². The molecular formula is C20H17NO4. The molecule has 0 aromatic heterocycles. The fourth-order valence-corrected chi connectivity index (χ4v) is 2.96. The molecule has 0 atom stereocenters. The number of nitrogens with zero attached hydrogens (tertiary/aromatic N) is 1. The predicted octanol–water partition coefficient (Wildman–Crippen LogP) is 3.20. The van der Waals surface area contributed by atoms with Crippen molar-refractivity contribution in [2.45, 2.75) is 6.92 Å². The quantitative estimate of drug-likeness (QED) is 0.364. The summed E-state index contributed by atoms with van der Waals surface area (Å²) in [5.74, 6) is -1.21. The third kappa shape index (κ3) is 2.85. The summed E-state index contributed by atoms with van der Waals surface area (Å²) < 4.78 is 4.88. The van der Waals surface area contributed by atoms with Gasteiger partial charge in [0, 0.05) is 23.6 Å². The lowest BCUT2D eigenvalue weighted by Gasteiger charge is -2.27. The van der Waals surface area contributed by atoms with Gasteiger partial charge in [0.15, 0.2) is 0 Å². The highest BCUT2D eigenvalue weighted by molar-refractivity contribution is 6.26. The maximum atomic E-state index is 12.9. The number of esters is 1. The second-order valence-electron chi connectivity index (χ2n) is 5.53. The van der Waals surface area contributed by atoms with Gasteiger partial charge in [-0.05, 0) is 30.0 Å². The summed E-state index contributed by atoms with van der Waals surface area (Å²) in [4.78, 5) is 38.3. The lowest BCUT2D eigenvalue weighted by molar-refractivity contribution is -0.137. The van der Waals surface area contributed by atoms with E-state index in [0.717, 1.165) is 10.3 Å². The third-order valence-corrected chi connectivity index (χ3v) is 4.01. The van der Waals surface area contributed by atoms with Gasteiger partial charge in [0.05, 0.1) is 12.2 Å². The fraction of sp³-hybridized carbons (Fsp3) is 0.150. The highest BCUT2D eigenvalue weighted by atomic mass is 16.5. The number of hydrogen-bond acceptors (Lipinski definition) is 4. The van der Waals surface area contributed by atoms with Crippen LogP contribution in [0, 0.1) is 0 Å². The molecule has 2 amide bonds. The van der Waals surface area contributed by atoms with Gasteiger partial charge in [-0.1, -0.05) is 30.3 Å². The number of imide groups is 1. The number of carbonyl (C=O) groups is 3. The molecule has 0 aliphatic carbocycles. The molecule has 1 heterocycles. The second-order valence-corrected chi connectivity index (χ2v) is 5.53. The third-order valence-electron chi connectivity index (χ3n) is 4.01. The van der Waals surface area contributed by atoms with Crippen LogP contribution in [-0.4, -0.2) is 35.8 Å². The number of amides is 2. The number of hydrogen-bond donors (Lipinski definition) is 0. The first kappa shape index (κ1) is 16.6. The summed E-state index contributed by atoms with van der Waals surface area (Å²) >= 11 is 0. The average Bonchev–Trinajstić information content (AvgIpc) is 2.61. The molecule has 5 heteroatoms. The molecule has 1 aliphatic heterocycles. The molecule has 0 unspecified atom stereocenters. The van der Waals surface area contributed by atoms with Crippen molar-refractivity contribution in [2.75, 3.05) is 13.2 Å². The Kier molecular flexibility index (Phi) is 4.48. The molecule has 0 fully saturated rings. The first-order valence-electron chi connectivity index (χ1n) is 7.96. The average molecular weight is 335 g/mol. The Morgan fingerprint density at radius 2 is 2.00 bits per heavy atom. The molecule has 1 aliphatic rings. The molecule has 0 radical (unpaired) electrons. The maximum absolute atomic E-state index is 12.9. The van der Waals surface area contributed by atoms with Crippen LogP contribution in [0.4, 0.5) is 0 Å². The normalized spacial score (nSPS) is 13.6. The molecule has 5 nitrogen and oxygen atoms in total. The molecule has 0 saturated heterocycles. The summed E-state index contributed by atoms with van der Waals surface area (Å²) in [7, 11) is 0. The summed E-state index contributed by atoms with van der Waals surface area (Å²) in [6.45, 7) is 5.74. The van der Waals surface area contributed by atoms with Crippen LogP contribution in [0.2, 0.25) is 0 Å². The topological polar surface area (TPSA) is 63.7 Å². The highest BCUT2D eigenvalue weighted by Crippen LogP contribution is 2.33. The van der Waals surface area contributed by atoms with E-state index in [1.807, 2.05) is 12.1 Å². The molecule has 0 bridgehead atoms. The van der Waals surface area contributed by atoms with E-state index in [0.29, 0.717) is 22.1 Å². The Balaban J connectivity index is 2.21. The van der Waals surface area contributed by atoms with E-state index in [-0.39, 0.29) is 19.1 Å². The van der Waals surface area contributed by atoms with Crippen LogP contribution >= 0.6 is 0 Å². The second kappa shape index (κ2) is 6.73. The maximum Gasteiger partial charge on any atom is 0.330 e. The minimum atomic E-state index is -0.481. The summed E-state index contributed by atoms with van der Waals surface area (Å²) in [6.07, 6.45) is 4.34. The first-order chi connectivity index (χ1) is 12.1. The van der Waals surface area contributed by atoms with Crippen molar-refractivity contribution in [3.05, 3.63) is 65.8 Å². The molecule has 0 spiro atoms. The zero-order chi connectivity index (χ0) is 18.0. The van der Waals surface area contributed by atoms with E-state index in [1.165, 1.54) is 12.2 Å². The van der Waals surface area contributed by atoms with Gasteiger partial charge in [0.2, 0.25) is 0 Å². The van der Waals surface area contributed by atoms with E-state index in [4.69, 9.17) is 4.74 Å². The zero-order valence-electron chi connectivity index (χ0n) is 13.8. The highest BCUT2D eigenvalue weighted by Gasteiger charge is 2.33. The van der Waals surface area contributed by atoms with Gasteiger partial charge in [-0.25, -0.2) is 4.79 Å². The minimum absolute atomic E-state index is 0.128. The van der Waals surface area contributed by atoms with Gasteiger partial charge in [0.25, 0.3) is 11.8 Å². The smallest absolute Gasteiger partial charge is 0.330 e. The van der Waals surface area contributed by atoms with Crippen molar-refractivity contribution < 1.29 is 19.1 Å². The van der Waals surface area contributed by atoms with Crippen molar-refractivity contribution >= 4 is 34.6 Å². The van der Waals surface area contributed by atoms with E-state index >= 15 is 0 Å². The molecule has 126 valence electrons. The van der Waals surface area contributed by atoms with Gasteiger partial charge in [-0.2, -0.15) is 0 Å². The van der Waals surface area contributed by atoms with Crippen molar-refractivity contribution in [1.82, 2.24) is 4.90 Å². The molecule has 0 N–H and O–H groups in total. The first-order valence-corrected chi connectivity index (χ1v) is 7.96. The van der Waals surface area contributed by atoms with Crippen LogP contribution in [-0.2, 0) is 9.53 Å². The summed E-state index contributed by atoms with van der Waals surface area (Å²) in [5, 5.41) is 1.42. The zero-order valence-corrected chi connectivity index (χ0v) is 13.8. The van der Waals surface area contributed by atoms with Crippen molar-refractivity contribution in [1.29, 1.82) is 0 Å². The molecular weight excluding hydrogens is 318 g/mol. The summed E-state index contributed by atoms with van der Waals surface area (Å²) in [6, 6.07) is 8.93. The Labute approximate surface area is 145 Å². The lowest BCUT2D eigenvalue weighted by Crippen LogP contribution is -2.40. The lowest BCUT2D eigenvalue weighted by atomic mass is 9.90. The fourth-order valence-electron chi connectivity index (χ4n) is 2.96. The monoisotopic (exact) mass is 335 g/mol. The number of carbonyl (C=O) groups excluding carboxylic acids is 3. The van der Waals surface area contributed by atoms with Crippen LogP contribution < -0.4 is 0 Å². The molecule has 2 aromatic rings. The van der Waals surface area contributed by atoms with Gasteiger partial charge >= 0.3 is 5.97 Å². The minimum Gasteiger partial charge on any atom is -0.463 e. The van der Waals surface area contributed by atoms with E-state index in [2.05, 4.69) is 6.58 Å². The summed E-state index contributed by atoms with van der Waals surface area (Å²) in [5.41, 5.74) is 1.45. The van der Waals surface area contributed by atoms with Crippen LogP contribution in [0.3, 0.4) is 0 Å². The van der Waals surface area contributed by atoms with Gasteiger partial charge < -0.3 is 4.74 Å². The Bertz CT molecular complexity index is 927. The van der Waals surface area contributed by atoms with Gasteiger partial charge in [0.1, 0.15) is 0 Å². The van der Waals surface area contributed by atoms with Gasteiger partial charge in [-0.3, -0.25) is 14.5 Å². The standard InChI is InChI=1S/C20H17NO4/c1-3-12-21-19(23)15-7-5-6-13-8-9-14(10-11-16(22)25-4-2)18(17(13)15)20(21)24/h3,5-11H,1,4,12H2,2H3/b11-10+. The van der Waals surface area contributed by atoms with E-state index in [9.17, 15) is 14.4 Å². The van der Waals surface area contributed by atoms with E-state index in [1.54, 1.807) is 31.2 Å². The van der Waals surface area contributed by atoms with E-state index < -0.39 is 11.9 Å². The molecule has 0 saturated carbocycles. The van der Waals surface area contributed by atoms with Crippen LogP contribution in [0.5, 0.6) is 0 Å². The Morgan fingerprint density at radius 1 is 1.20 bits per heavy atom. The number of benzene rings is 2. The predicted molar refractivity (Wildman–Crippen MR) is 95.2 cm³/mol. The SMILES string of the molecule is C=CCN1C(=O)c2cccc3ccc(/C=C/C(=O)OCC)c(c23)C1=O.